The van der Waals surface area contributed by atoms with Crippen LogP contribution in [-0.4, -0.2) is 38.1 Å². The van der Waals surface area contributed by atoms with Gasteiger partial charge in [-0.1, -0.05) is 24.3 Å². The van der Waals surface area contributed by atoms with Crippen LogP contribution in [0.2, 0.25) is 0 Å². The highest BCUT2D eigenvalue weighted by Crippen LogP contribution is 2.26. The number of rotatable bonds is 7. The van der Waals surface area contributed by atoms with Gasteiger partial charge in [-0.3, -0.25) is 4.99 Å². The summed E-state index contributed by atoms with van der Waals surface area (Å²) in [5, 5.41) is 15.9. The number of hydrogen-bond acceptors (Lipinski definition) is 4. The second kappa shape index (κ2) is 11.6. The quantitative estimate of drug-likeness (QED) is 0.291. The van der Waals surface area contributed by atoms with Gasteiger partial charge in [-0.15, -0.1) is 37.1 Å². The van der Waals surface area contributed by atoms with Crippen LogP contribution in [0.1, 0.15) is 11.1 Å². The second-order valence-corrected chi connectivity index (χ2v) is 5.75. The summed E-state index contributed by atoms with van der Waals surface area (Å²) in [5.41, 5.74) is 1.07. The SMILES string of the molecule is CN=C(NCCc1ccc(OC)cc1O)NCc1ccccc1OC(F)(F)F.I. The minimum atomic E-state index is -4.75. The molecule has 2 aromatic rings. The number of guanidine groups is 1. The lowest BCUT2D eigenvalue weighted by Crippen LogP contribution is -2.38. The summed E-state index contributed by atoms with van der Waals surface area (Å²) < 4.78 is 46.5. The Labute approximate surface area is 184 Å². The Morgan fingerprint density at radius 1 is 1.10 bits per heavy atom. The van der Waals surface area contributed by atoms with Crippen LogP contribution in [-0.2, 0) is 13.0 Å². The predicted octanol–water partition coefficient (Wildman–Crippen LogP) is 3.83. The van der Waals surface area contributed by atoms with Gasteiger partial charge in [0.15, 0.2) is 5.96 Å². The number of halogens is 4. The van der Waals surface area contributed by atoms with E-state index in [1.807, 2.05) is 0 Å². The molecule has 10 heteroatoms. The first-order chi connectivity index (χ1) is 13.3. The zero-order valence-electron chi connectivity index (χ0n) is 15.9. The number of aliphatic imine (C=N–C) groups is 1. The number of benzene rings is 2. The number of para-hydroxylation sites is 1. The molecule has 29 heavy (non-hydrogen) atoms. The maximum absolute atomic E-state index is 12.5. The molecule has 2 aromatic carbocycles. The van der Waals surface area contributed by atoms with Crippen LogP contribution < -0.4 is 20.1 Å². The number of methoxy groups -OCH3 is 1. The first-order valence-corrected chi connectivity index (χ1v) is 8.46. The average Bonchev–Trinajstić information content (AvgIpc) is 2.65. The molecule has 0 saturated heterocycles. The molecular formula is C19H23F3IN3O3. The lowest BCUT2D eigenvalue weighted by atomic mass is 10.1. The van der Waals surface area contributed by atoms with Gasteiger partial charge in [-0.2, -0.15) is 0 Å². The van der Waals surface area contributed by atoms with Gasteiger partial charge in [-0.25, -0.2) is 0 Å². The van der Waals surface area contributed by atoms with E-state index in [9.17, 15) is 18.3 Å². The van der Waals surface area contributed by atoms with Crippen molar-refractivity contribution in [1.82, 2.24) is 10.6 Å². The van der Waals surface area contributed by atoms with Crippen LogP contribution in [0.25, 0.3) is 0 Å². The fraction of sp³-hybridized carbons (Fsp3) is 0.316. The topological polar surface area (TPSA) is 75.1 Å². The molecule has 0 heterocycles. The van der Waals surface area contributed by atoms with Crippen LogP contribution >= 0.6 is 24.0 Å². The third-order valence-corrected chi connectivity index (χ3v) is 3.85. The highest BCUT2D eigenvalue weighted by atomic mass is 127. The largest absolute Gasteiger partial charge is 0.573 e. The summed E-state index contributed by atoms with van der Waals surface area (Å²) in [5.74, 6) is 0.838. The lowest BCUT2D eigenvalue weighted by Gasteiger charge is -2.16. The van der Waals surface area contributed by atoms with Gasteiger partial charge in [0.1, 0.15) is 17.2 Å². The number of hydrogen-bond donors (Lipinski definition) is 3. The van der Waals surface area contributed by atoms with Crippen molar-refractivity contribution in [3.63, 3.8) is 0 Å². The number of alkyl halides is 3. The summed E-state index contributed by atoms with van der Waals surface area (Å²) in [6.45, 7) is 0.556. The van der Waals surface area contributed by atoms with Crippen molar-refractivity contribution in [1.29, 1.82) is 0 Å². The molecule has 0 aliphatic rings. The van der Waals surface area contributed by atoms with Gasteiger partial charge in [0, 0.05) is 31.8 Å². The zero-order chi connectivity index (χ0) is 20.6. The van der Waals surface area contributed by atoms with E-state index in [2.05, 4.69) is 20.4 Å². The summed E-state index contributed by atoms with van der Waals surface area (Å²) in [6.07, 6.45) is -4.24. The summed E-state index contributed by atoms with van der Waals surface area (Å²) in [4.78, 5) is 4.04. The molecule has 0 unspecified atom stereocenters. The standard InChI is InChI=1S/C19H22F3N3O3.HI/c1-23-18(24-10-9-13-7-8-15(27-2)11-16(13)26)25-12-14-5-3-4-6-17(14)28-19(20,21)22;/h3-8,11,26H,9-10,12H2,1-2H3,(H2,23,24,25);1H. The minimum absolute atomic E-state index is 0. The molecule has 0 aliphatic heterocycles. The van der Waals surface area contributed by atoms with Crippen molar-refractivity contribution < 1.29 is 27.8 Å². The first kappa shape index (κ1) is 24.7. The highest BCUT2D eigenvalue weighted by Gasteiger charge is 2.31. The molecular weight excluding hydrogens is 502 g/mol. The number of phenolic OH excluding ortho intramolecular Hbond substituents is 1. The molecule has 0 aliphatic carbocycles. The van der Waals surface area contributed by atoms with Crippen LogP contribution in [0.4, 0.5) is 13.2 Å². The van der Waals surface area contributed by atoms with Crippen molar-refractivity contribution >= 4 is 29.9 Å². The van der Waals surface area contributed by atoms with Crippen molar-refractivity contribution in [2.45, 2.75) is 19.3 Å². The zero-order valence-corrected chi connectivity index (χ0v) is 18.2. The Morgan fingerprint density at radius 3 is 2.45 bits per heavy atom. The third kappa shape index (κ3) is 8.26. The van der Waals surface area contributed by atoms with Crippen molar-refractivity contribution in [2.24, 2.45) is 4.99 Å². The highest BCUT2D eigenvalue weighted by molar-refractivity contribution is 14.0. The van der Waals surface area contributed by atoms with E-state index in [4.69, 9.17) is 4.74 Å². The lowest BCUT2D eigenvalue weighted by molar-refractivity contribution is -0.274. The van der Waals surface area contributed by atoms with Gasteiger partial charge in [-0.05, 0) is 24.1 Å². The number of phenols is 1. The smallest absolute Gasteiger partial charge is 0.508 e. The van der Waals surface area contributed by atoms with Gasteiger partial charge >= 0.3 is 6.36 Å². The second-order valence-electron chi connectivity index (χ2n) is 5.75. The molecule has 0 atom stereocenters. The summed E-state index contributed by atoms with van der Waals surface area (Å²) in [7, 11) is 3.07. The van der Waals surface area contributed by atoms with Crippen LogP contribution in [0, 0.1) is 0 Å². The molecule has 0 bridgehead atoms. The molecule has 0 fully saturated rings. The maximum Gasteiger partial charge on any atom is 0.573 e. The van der Waals surface area contributed by atoms with Crippen molar-refractivity contribution in [3.05, 3.63) is 53.6 Å². The first-order valence-electron chi connectivity index (χ1n) is 8.46. The Hall–Kier alpha value is -2.37. The van der Waals surface area contributed by atoms with Crippen LogP contribution in [0.3, 0.4) is 0 Å². The Balaban J connectivity index is 0.00000420. The predicted molar refractivity (Wildman–Crippen MR) is 115 cm³/mol. The molecule has 3 N–H and O–H groups in total. The number of ether oxygens (including phenoxy) is 2. The normalized spacial score (nSPS) is 11.4. The minimum Gasteiger partial charge on any atom is -0.508 e. The fourth-order valence-corrected chi connectivity index (χ4v) is 2.47. The van der Waals surface area contributed by atoms with Crippen LogP contribution in [0.15, 0.2) is 47.5 Å². The number of aromatic hydroxyl groups is 1. The molecule has 0 amide bonds. The van der Waals surface area contributed by atoms with Gasteiger partial charge < -0.3 is 25.2 Å². The third-order valence-electron chi connectivity index (χ3n) is 3.85. The Kier molecular flexibility index (Phi) is 9.86. The molecule has 0 aromatic heterocycles. The maximum atomic E-state index is 12.5. The van der Waals surface area contributed by atoms with Crippen molar-refractivity contribution in [2.75, 3.05) is 20.7 Å². The molecule has 6 nitrogen and oxygen atoms in total. The van der Waals surface area contributed by atoms with E-state index in [0.717, 1.165) is 5.56 Å². The van der Waals surface area contributed by atoms with Gasteiger partial charge in [0.2, 0.25) is 0 Å². The summed E-state index contributed by atoms with van der Waals surface area (Å²) in [6, 6.07) is 10.9. The Morgan fingerprint density at radius 2 is 1.83 bits per heavy atom. The molecule has 0 saturated carbocycles. The molecule has 0 radical (unpaired) electrons. The summed E-state index contributed by atoms with van der Waals surface area (Å²) >= 11 is 0. The fourth-order valence-electron chi connectivity index (χ4n) is 2.47. The Bertz CT molecular complexity index is 817. The van der Waals surface area contributed by atoms with E-state index in [1.54, 1.807) is 25.2 Å². The van der Waals surface area contributed by atoms with E-state index in [1.165, 1.54) is 31.4 Å². The van der Waals surface area contributed by atoms with E-state index < -0.39 is 6.36 Å². The number of nitrogens with one attached hydrogen (secondary N) is 2. The van der Waals surface area contributed by atoms with E-state index >= 15 is 0 Å². The monoisotopic (exact) mass is 525 g/mol. The van der Waals surface area contributed by atoms with Gasteiger partial charge in [0.25, 0.3) is 0 Å². The molecule has 160 valence electrons. The van der Waals surface area contributed by atoms with E-state index in [-0.39, 0.29) is 42.0 Å². The van der Waals surface area contributed by atoms with Gasteiger partial charge in [0.05, 0.1) is 7.11 Å². The molecule has 0 spiro atoms. The molecule has 2 rings (SSSR count). The van der Waals surface area contributed by atoms with E-state index in [0.29, 0.717) is 30.2 Å². The van der Waals surface area contributed by atoms with Crippen molar-refractivity contribution in [3.8, 4) is 17.2 Å². The number of nitrogens with zero attached hydrogens (tertiary/aromatic N) is 1. The van der Waals surface area contributed by atoms with Crippen LogP contribution in [0.5, 0.6) is 17.2 Å². The average molecular weight is 525 g/mol.